The molecule has 0 aliphatic carbocycles. The second-order valence-corrected chi connectivity index (χ2v) is 3.04. The van der Waals surface area contributed by atoms with E-state index in [-0.39, 0.29) is 6.42 Å². The Morgan fingerprint density at radius 3 is 3.00 bits per heavy atom. The van der Waals surface area contributed by atoms with Crippen molar-refractivity contribution in [1.82, 2.24) is 4.98 Å². The van der Waals surface area contributed by atoms with Gasteiger partial charge in [0.1, 0.15) is 17.6 Å². The summed E-state index contributed by atoms with van der Waals surface area (Å²) < 4.78 is 0. The number of nitrogens with one attached hydrogen (secondary N) is 1. The molecule has 0 fully saturated rings. The van der Waals surface area contributed by atoms with Gasteiger partial charge in [-0.25, -0.2) is 4.98 Å². The Bertz CT molecular complexity index is 410. The lowest BCUT2D eigenvalue weighted by Crippen LogP contribution is -2.09. The normalized spacial score (nSPS) is 9.33. The van der Waals surface area contributed by atoms with Crippen molar-refractivity contribution < 1.29 is 9.90 Å². The summed E-state index contributed by atoms with van der Waals surface area (Å²) in [5, 5.41) is 20.0. The molecule has 0 saturated carbocycles. The first-order valence-corrected chi connectivity index (χ1v) is 4.47. The van der Waals surface area contributed by atoms with Gasteiger partial charge in [0.15, 0.2) is 0 Å². The SMILES string of the molecule is Cc1ccc(NCCC(=O)O)nc1C#N. The maximum Gasteiger partial charge on any atom is 0.305 e. The molecule has 1 heterocycles. The highest BCUT2D eigenvalue weighted by Gasteiger charge is 2.01. The zero-order valence-electron chi connectivity index (χ0n) is 8.32. The molecule has 2 N–H and O–H groups in total. The van der Waals surface area contributed by atoms with Crippen LogP contribution >= 0.6 is 0 Å². The van der Waals surface area contributed by atoms with Gasteiger partial charge in [0, 0.05) is 6.54 Å². The Morgan fingerprint density at radius 2 is 2.40 bits per heavy atom. The first-order valence-electron chi connectivity index (χ1n) is 4.47. The molecule has 0 unspecified atom stereocenters. The average molecular weight is 205 g/mol. The van der Waals surface area contributed by atoms with Crippen LogP contribution in [0.5, 0.6) is 0 Å². The molecule has 15 heavy (non-hydrogen) atoms. The number of carboxylic acid groups (broad SMARTS) is 1. The lowest BCUT2D eigenvalue weighted by atomic mass is 10.2. The standard InChI is InChI=1S/C10H11N3O2/c1-7-2-3-9(13-8(7)6-11)12-5-4-10(14)15/h2-3H,4-5H2,1H3,(H,12,13)(H,14,15). The summed E-state index contributed by atoms with van der Waals surface area (Å²) in [5.41, 5.74) is 1.16. The van der Waals surface area contributed by atoms with Crippen LogP contribution in [0.2, 0.25) is 0 Å². The fourth-order valence-electron chi connectivity index (χ4n) is 1.04. The largest absolute Gasteiger partial charge is 0.481 e. The fraction of sp³-hybridized carbons (Fsp3) is 0.300. The summed E-state index contributed by atoms with van der Waals surface area (Å²) in [6.07, 6.45) is 0.0252. The van der Waals surface area contributed by atoms with Crippen molar-refractivity contribution >= 4 is 11.8 Å². The zero-order valence-corrected chi connectivity index (χ0v) is 8.32. The van der Waals surface area contributed by atoms with Gasteiger partial charge in [-0.05, 0) is 18.6 Å². The monoisotopic (exact) mass is 205 g/mol. The molecule has 0 atom stereocenters. The average Bonchev–Trinajstić information content (AvgIpc) is 2.20. The molecular formula is C10H11N3O2. The van der Waals surface area contributed by atoms with Crippen LogP contribution in [0.3, 0.4) is 0 Å². The van der Waals surface area contributed by atoms with E-state index in [1.165, 1.54) is 0 Å². The Morgan fingerprint density at radius 1 is 1.67 bits per heavy atom. The minimum atomic E-state index is -0.866. The summed E-state index contributed by atoms with van der Waals surface area (Å²) >= 11 is 0. The van der Waals surface area contributed by atoms with E-state index in [9.17, 15) is 4.79 Å². The first-order chi connectivity index (χ1) is 7.13. The maximum atomic E-state index is 10.3. The van der Waals surface area contributed by atoms with Crippen LogP contribution in [0.4, 0.5) is 5.82 Å². The van der Waals surface area contributed by atoms with Crippen LogP contribution in [-0.4, -0.2) is 22.6 Å². The van der Waals surface area contributed by atoms with Gasteiger partial charge in [0.2, 0.25) is 0 Å². The molecule has 0 saturated heterocycles. The van der Waals surface area contributed by atoms with Crippen LogP contribution in [0.25, 0.3) is 0 Å². The predicted octanol–water partition coefficient (Wildman–Crippen LogP) is 1.15. The number of nitrogens with zero attached hydrogens (tertiary/aromatic N) is 2. The van der Waals surface area contributed by atoms with Gasteiger partial charge < -0.3 is 10.4 Å². The van der Waals surface area contributed by atoms with E-state index in [0.717, 1.165) is 5.56 Å². The predicted molar refractivity (Wildman–Crippen MR) is 54.4 cm³/mol. The zero-order chi connectivity index (χ0) is 11.3. The molecule has 0 aromatic carbocycles. The van der Waals surface area contributed by atoms with Gasteiger partial charge in [-0.3, -0.25) is 4.79 Å². The van der Waals surface area contributed by atoms with E-state index < -0.39 is 5.97 Å². The topological polar surface area (TPSA) is 86.0 Å². The molecule has 1 aromatic heterocycles. The highest BCUT2D eigenvalue weighted by Crippen LogP contribution is 2.08. The van der Waals surface area contributed by atoms with Gasteiger partial charge in [0.25, 0.3) is 0 Å². The van der Waals surface area contributed by atoms with E-state index in [4.69, 9.17) is 10.4 Å². The summed E-state index contributed by atoms with van der Waals surface area (Å²) in [4.78, 5) is 14.3. The summed E-state index contributed by atoms with van der Waals surface area (Å²) in [7, 11) is 0. The Kier molecular flexibility index (Phi) is 3.63. The Hall–Kier alpha value is -2.09. The van der Waals surface area contributed by atoms with Crippen molar-refractivity contribution in [2.75, 3.05) is 11.9 Å². The van der Waals surface area contributed by atoms with Crippen LogP contribution < -0.4 is 5.32 Å². The third kappa shape index (κ3) is 3.27. The molecule has 0 bridgehead atoms. The fourth-order valence-corrected chi connectivity index (χ4v) is 1.04. The molecule has 5 heteroatoms. The number of carbonyl (C=O) groups is 1. The van der Waals surface area contributed by atoms with E-state index in [1.54, 1.807) is 19.1 Å². The summed E-state index contributed by atoms with van der Waals surface area (Å²) in [5.74, 6) is -0.339. The highest BCUT2D eigenvalue weighted by molar-refractivity contribution is 5.67. The van der Waals surface area contributed by atoms with Crippen molar-refractivity contribution in [2.24, 2.45) is 0 Å². The van der Waals surface area contributed by atoms with Gasteiger partial charge in [-0.2, -0.15) is 5.26 Å². The van der Waals surface area contributed by atoms with Gasteiger partial charge >= 0.3 is 5.97 Å². The number of nitriles is 1. The molecule has 0 spiro atoms. The molecule has 1 rings (SSSR count). The van der Waals surface area contributed by atoms with Crippen molar-refractivity contribution in [3.63, 3.8) is 0 Å². The van der Waals surface area contributed by atoms with Crippen molar-refractivity contribution in [3.8, 4) is 6.07 Å². The Labute approximate surface area is 87.4 Å². The second-order valence-electron chi connectivity index (χ2n) is 3.04. The Balaban J connectivity index is 2.63. The molecule has 0 aliphatic heterocycles. The summed E-state index contributed by atoms with van der Waals surface area (Å²) in [6, 6.07) is 5.46. The van der Waals surface area contributed by atoms with Gasteiger partial charge in [-0.15, -0.1) is 0 Å². The van der Waals surface area contributed by atoms with Crippen LogP contribution in [-0.2, 0) is 4.79 Å². The van der Waals surface area contributed by atoms with Gasteiger partial charge in [0.05, 0.1) is 6.42 Å². The number of aliphatic carboxylic acids is 1. The quantitative estimate of drug-likeness (QED) is 0.770. The lowest BCUT2D eigenvalue weighted by molar-refractivity contribution is -0.136. The molecule has 0 radical (unpaired) electrons. The number of anilines is 1. The lowest BCUT2D eigenvalue weighted by Gasteiger charge is -2.04. The number of aryl methyl sites for hydroxylation is 1. The number of hydrogen-bond acceptors (Lipinski definition) is 4. The molecule has 0 amide bonds. The van der Waals surface area contributed by atoms with Gasteiger partial charge in [-0.1, -0.05) is 6.07 Å². The molecule has 0 aliphatic rings. The number of hydrogen-bond donors (Lipinski definition) is 2. The molecule has 1 aromatic rings. The molecule has 5 nitrogen and oxygen atoms in total. The van der Waals surface area contributed by atoms with Crippen molar-refractivity contribution in [3.05, 3.63) is 23.4 Å². The smallest absolute Gasteiger partial charge is 0.305 e. The first kappa shape index (κ1) is 11.0. The molecule has 78 valence electrons. The third-order valence-electron chi connectivity index (χ3n) is 1.85. The van der Waals surface area contributed by atoms with Crippen molar-refractivity contribution in [2.45, 2.75) is 13.3 Å². The highest BCUT2D eigenvalue weighted by atomic mass is 16.4. The summed E-state index contributed by atoms with van der Waals surface area (Å²) in [6.45, 7) is 2.10. The number of pyridine rings is 1. The maximum absolute atomic E-state index is 10.3. The van der Waals surface area contributed by atoms with E-state index in [1.807, 2.05) is 6.07 Å². The minimum Gasteiger partial charge on any atom is -0.481 e. The third-order valence-corrected chi connectivity index (χ3v) is 1.85. The minimum absolute atomic E-state index is 0.0252. The van der Waals surface area contributed by atoms with Crippen molar-refractivity contribution in [1.29, 1.82) is 5.26 Å². The van der Waals surface area contributed by atoms with Crippen LogP contribution in [0.1, 0.15) is 17.7 Å². The number of aromatic nitrogens is 1. The second kappa shape index (κ2) is 4.96. The van der Waals surface area contributed by atoms with E-state index >= 15 is 0 Å². The molecular weight excluding hydrogens is 194 g/mol. The van der Waals surface area contributed by atoms with E-state index in [2.05, 4.69) is 10.3 Å². The van der Waals surface area contributed by atoms with E-state index in [0.29, 0.717) is 18.1 Å². The van der Waals surface area contributed by atoms with Crippen LogP contribution in [0.15, 0.2) is 12.1 Å². The van der Waals surface area contributed by atoms with Crippen LogP contribution in [0, 0.1) is 18.3 Å². The number of carboxylic acids is 1. The number of rotatable bonds is 4.